The van der Waals surface area contributed by atoms with E-state index in [1.54, 1.807) is 0 Å². The lowest BCUT2D eigenvalue weighted by Crippen LogP contribution is -2.57. The van der Waals surface area contributed by atoms with Gasteiger partial charge in [-0.3, -0.25) is 4.79 Å². The molecule has 10 heteroatoms. The number of carboxylic acid groups (broad SMARTS) is 1. The van der Waals surface area contributed by atoms with Crippen molar-refractivity contribution in [2.24, 2.45) is 17.6 Å². The molecule has 0 radical (unpaired) electrons. The lowest BCUT2D eigenvalue weighted by Gasteiger charge is -2.29. The van der Waals surface area contributed by atoms with Crippen LogP contribution in [0.1, 0.15) is 78.1 Å². The van der Waals surface area contributed by atoms with Crippen LogP contribution in [0.4, 0.5) is 4.79 Å². The number of nitrogens with one attached hydrogen (secondary N) is 3. The van der Waals surface area contributed by atoms with Crippen LogP contribution in [0, 0.1) is 11.8 Å². The minimum Gasteiger partial charge on any atom is -0.480 e. The highest BCUT2D eigenvalue weighted by molar-refractivity contribution is 5.91. The molecule has 1 aliphatic rings. The van der Waals surface area contributed by atoms with Crippen LogP contribution in [0.15, 0.2) is 0 Å². The number of carbonyl (C=O) groups is 4. The number of aliphatic carboxylic acids is 1. The third-order valence-corrected chi connectivity index (χ3v) is 6.43. The van der Waals surface area contributed by atoms with Gasteiger partial charge >= 0.3 is 18.0 Å². The summed E-state index contributed by atoms with van der Waals surface area (Å²) in [5.74, 6) is -2.02. The van der Waals surface area contributed by atoms with E-state index in [0.29, 0.717) is 32.2 Å². The highest BCUT2D eigenvalue weighted by atomic mass is 16.5. The minimum absolute atomic E-state index is 0.149. The number of unbranched alkanes of at least 4 members (excludes halogenated alkanes) is 1. The average Bonchev–Trinajstić information content (AvgIpc) is 2.80. The molecule has 6 N–H and O–H groups in total. The van der Waals surface area contributed by atoms with E-state index in [1.807, 2.05) is 13.8 Å². The quantitative estimate of drug-likeness (QED) is 0.191. The van der Waals surface area contributed by atoms with Crippen LogP contribution >= 0.6 is 0 Å². The number of carboxylic acids is 1. The topological polar surface area (TPSA) is 160 Å². The second kappa shape index (κ2) is 15.5. The summed E-state index contributed by atoms with van der Waals surface area (Å²) in [5.41, 5.74) is 5.46. The van der Waals surface area contributed by atoms with Gasteiger partial charge in [-0.05, 0) is 44.1 Å². The van der Waals surface area contributed by atoms with Crippen molar-refractivity contribution < 1.29 is 29.0 Å². The van der Waals surface area contributed by atoms with Gasteiger partial charge in [0.1, 0.15) is 18.1 Å². The largest absolute Gasteiger partial charge is 0.480 e. The standard InChI is InChI=1S/C23H42N4O6/c1-4-15(2)19(22(31)33-3)27-20(28)18(14-16-10-6-5-7-11-16)26-23(32)25-17(21(29)30)12-8-9-13-24/h15-19H,4-14,24H2,1-3H3,(H,27,28)(H,29,30)(H2,25,26,32)/t15-,17-,18+,19?/m0/s1. The summed E-state index contributed by atoms with van der Waals surface area (Å²) in [4.78, 5) is 49.5. The van der Waals surface area contributed by atoms with Crippen LogP contribution in [-0.2, 0) is 19.1 Å². The zero-order valence-electron chi connectivity index (χ0n) is 20.2. The van der Waals surface area contributed by atoms with Crippen molar-refractivity contribution in [2.45, 2.75) is 96.2 Å². The molecule has 190 valence electrons. The molecule has 1 saturated carbocycles. The van der Waals surface area contributed by atoms with Crippen molar-refractivity contribution in [2.75, 3.05) is 13.7 Å². The van der Waals surface area contributed by atoms with Crippen LogP contribution in [0.2, 0.25) is 0 Å². The molecule has 0 aromatic carbocycles. The van der Waals surface area contributed by atoms with E-state index in [9.17, 15) is 24.3 Å². The van der Waals surface area contributed by atoms with Gasteiger partial charge < -0.3 is 31.5 Å². The number of hydrogen-bond donors (Lipinski definition) is 5. The number of carbonyl (C=O) groups excluding carboxylic acids is 3. The molecular weight excluding hydrogens is 428 g/mol. The van der Waals surface area contributed by atoms with Crippen LogP contribution in [0.3, 0.4) is 0 Å². The fourth-order valence-electron chi connectivity index (χ4n) is 4.15. The van der Waals surface area contributed by atoms with E-state index in [1.165, 1.54) is 7.11 Å². The number of nitrogens with two attached hydrogens (primary N) is 1. The van der Waals surface area contributed by atoms with Crippen molar-refractivity contribution in [1.29, 1.82) is 0 Å². The zero-order valence-corrected chi connectivity index (χ0v) is 20.2. The number of hydrogen-bond acceptors (Lipinski definition) is 6. The Morgan fingerprint density at radius 3 is 2.21 bits per heavy atom. The Bertz CT molecular complexity index is 638. The molecule has 0 heterocycles. The zero-order chi connectivity index (χ0) is 24.8. The normalized spacial score (nSPS) is 17.8. The van der Waals surface area contributed by atoms with Gasteiger partial charge in [-0.2, -0.15) is 0 Å². The van der Waals surface area contributed by atoms with Gasteiger partial charge in [0.25, 0.3) is 0 Å². The number of amides is 3. The lowest BCUT2D eigenvalue weighted by atomic mass is 9.84. The lowest BCUT2D eigenvalue weighted by molar-refractivity contribution is -0.147. The number of esters is 1. The average molecular weight is 471 g/mol. The minimum atomic E-state index is -1.14. The number of rotatable bonds is 14. The van der Waals surface area contributed by atoms with Crippen LogP contribution in [0.25, 0.3) is 0 Å². The van der Waals surface area contributed by atoms with E-state index in [4.69, 9.17) is 10.5 Å². The second-order valence-electron chi connectivity index (χ2n) is 8.98. The molecule has 0 aromatic rings. The van der Waals surface area contributed by atoms with E-state index in [0.717, 1.165) is 32.1 Å². The molecule has 0 aromatic heterocycles. The number of urea groups is 1. The SMILES string of the molecule is CC[C@H](C)C(NC(=O)[C@@H](CC1CCCCC1)NC(=O)N[C@@H](CCCCN)C(=O)O)C(=O)OC. The summed E-state index contributed by atoms with van der Waals surface area (Å²) < 4.78 is 4.85. The fourth-order valence-corrected chi connectivity index (χ4v) is 4.15. The van der Waals surface area contributed by atoms with E-state index in [-0.39, 0.29) is 18.3 Å². The molecule has 3 amide bonds. The predicted octanol–water partition coefficient (Wildman–Crippen LogP) is 1.91. The molecule has 1 unspecified atom stereocenters. The molecule has 1 rings (SSSR count). The maximum absolute atomic E-state index is 13.1. The maximum atomic E-state index is 13.1. The molecule has 1 fully saturated rings. The summed E-state index contributed by atoms with van der Waals surface area (Å²) in [6.45, 7) is 4.20. The number of methoxy groups -OCH3 is 1. The first-order valence-corrected chi connectivity index (χ1v) is 12.1. The fraction of sp³-hybridized carbons (Fsp3) is 0.826. The first-order valence-electron chi connectivity index (χ1n) is 12.1. The Labute approximate surface area is 196 Å². The van der Waals surface area contributed by atoms with Gasteiger partial charge in [0.05, 0.1) is 7.11 Å². The summed E-state index contributed by atoms with van der Waals surface area (Å²) in [6.07, 6.45) is 7.80. The monoisotopic (exact) mass is 470 g/mol. The van der Waals surface area contributed by atoms with E-state index in [2.05, 4.69) is 16.0 Å². The van der Waals surface area contributed by atoms with E-state index < -0.39 is 42.0 Å². The van der Waals surface area contributed by atoms with Crippen molar-refractivity contribution >= 4 is 23.9 Å². The van der Waals surface area contributed by atoms with Crippen molar-refractivity contribution in [3.05, 3.63) is 0 Å². The van der Waals surface area contributed by atoms with Gasteiger partial charge in [-0.15, -0.1) is 0 Å². The molecule has 0 spiro atoms. The Kier molecular flexibility index (Phi) is 13.4. The van der Waals surface area contributed by atoms with Gasteiger partial charge in [-0.1, -0.05) is 52.4 Å². The third-order valence-electron chi connectivity index (χ3n) is 6.43. The molecular formula is C23H42N4O6. The Morgan fingerprint density at radius 2 is 1.67 bits per heavy atom. The Balaban J connectivity index is 2.90. The van der Waals surface area contributed by atoms with Crippen molar-refractivity contribution in [1.82, 2.24) is 16.0 Å². The number of ether oxygens (including phenoxy) is 1. The van der Waals surface area contributed by atoms with Gasteiger partial charge in [0, 0.05) is 0 Å². The summed E-state index contributed by atoms with van der Waals surface area (Å²) in [6, 6.07) is -3.50. The van der Waals surface area contributed by atoms with Crippen LogP contribution < -0.4 is 21.7 Å². The Hall–Kier alpha value is -2.36. The molecule has 0 saturated heterocycles. The van der Waals surface area contributed by atoms with Crippen LogP contribution in [-0.4, -0.2) is 60.8 Å². The predicted molar refractivity (Wildman–Crippen MR) is 124 cm³/mol. The van der Waals surface area contributed by atoms with Crippen LogP contribution in [0.5, 0.6) is 0 Å². The first kappa shape index (κ1) is 28.7. The molecule has 10 nitrogen and oxygen atoms in total. The summed E-state index contributed by atoms with van der Waals surface area (Å²) >= 11 is 0. The highest BCUT2D eigenvalue weighted by Crippen LogP contribution is 2.27. The molecule has 33 heavy (non-hydrogen) atoms. The van der Waals surface area contributed by atoms with Gasteiger partial charge in [0.2, 0.25) is 5.91 Å². The summed E-state index contributed by atoms with van der Waals surface area (Å²) in [5, 5.41) is 17.3. The maximum Gasteiger partial charge on any atom is 0.328 e. The third kappa shape index (κ3) is 10.4. The highest BCUT2D eigenvalue weighted by Gasteiger charge is 2.32. The summed E-state index contributed by atoms with van der Waals surface area (Å²) in [7, 11) is 1.27. The second-order valence-corrected chi connectivity index (χ2v) is 8.98. The smallest absolute Gasteiger partial charge is 0.328 e. The van der Waals surface area contributed by atoms with Crippen molar-refractivity contribution in [3.63, 3.8) is 0 Å². The molecule has 4 atom stereocenters. The Morgan fingerprint density at radius 1 is 1.03 bits per heavy atom. The van der Waals surface area contributed by atoms with Gasteiger partial charge in [0.15, 0.2) is 0 Å². The van der Waals surface area contributed by atoms with Crippen molar-refractivity contribution in [3.8, 4) is 0 Å². The molecule has 0 bridgehead atoms. The first-order chi connectivity index (χ1) is 15.7. The van der Waals surface area contributed by atoms with E-state index >= 15 is 0 Å². The van der Waals surface area contributed by atoms with Gasteiger partial charge in [-0.25, -0.2) is 14.4 Å². The molecule has 1 aliphatic carbocycles. The molecule has 0 aliphatic heterocycles.